The summed E-state index contributed by atoms with van der Waals surface area (Å²) in [7, 11) is 0. The van der Waals surface area contributed by atoms with Crippen molar-refractivity contribution in [3.63, 3.8) is 0 Å². The Labute approximate surface area is 215 Å². The number of fused-ring (bicyclic) bond motifs is 1. The van der Waals surface area contributed by atoms with Crippen LogP contribution in [0.25, 0.3) is 10.9 Å². The van der Waals surface area contributed by atoms with E-state index in [0.717, 1.165) is 30.4 Å². The Bertz CT molecular complexity index is 1440. The van der Waals surface area contributed by atoms with Gasteiger partial charge in [-0.3, -0.25) is 9.36 Å². The van der Waals surface area contributed by atoms with E-state index in [1.165, 1.54) is 12.2 Å². The Balaban J connectivity index is 1.47. The Morgan fingerprint density at radius 3 is 2.76 bits per heavy atom. The van der Waals surface area contributed by atoms with E-state index >= 15 is 0 Å². The van der Waals surface area contributed by atoms with Gasteiger partial charge in [0.1, 0.15) is 17.8 Å². The van der Waals surface area contributed by atoms with E-state index in [-0.39, 0.29) is 17.4 Å². The minimum atomic E-state index is -0.899. The molecule has 6 nitrogen and oxygen atoms in total. The predicted molar refractivity (Wildman–Crippen MR) is 143 cm³/mol. The topological polar surface area (TPSA) is 76.7 Å². The molecule has 37 heavy (non-hydrogen) atoms. The molecule has 1 aliphatic heterocycles. The summed E-state index contributed by atoms with van der Waals surface area (Å²) < 4.78 is 15.3. The second kappa shape index (κ2) is 10.4. The van der Waals surface area contributed by atoms with Gasteiger partial charge in [-0.05, 0) is 49.6 Å². The van der Waals surface area contributed by atoms with Gasteiger partial charge in [-0.15, -0.1) is 0 Å². The number of nitrogens with zero attached hydrogens (tertiary/aromatic N) is 3. The second-order valence-corrected chi connectivity index (χ2v) is 10.1. The molecule has 3 atom stereocenters. The third-order valence-electron chi connectivity index (χ3n) is 7.25. The lowest BCUT2D eigenvalue weighted by Crippen LogP contribution is -2.33. The SMILES string of the molecule is CCCCCc1nc2cc(C3=NO[C@](C)([C@@H](O)c4ccccc4)C3)ccc2c(=O)n1C1C=CC(F)=CC1. The van der Waals surface area contributed by atoms with Crippen molar-refractivity contribution in [1.29, 1.82) is 0 Å². The van der Waals surface area contributed by atoms with Gasteiger partial charge in [-0.25, -0.2) is 9.37 Å². The van der Waals surface area contributed by atoms with Crippen LogP contribution in [0.5, 0.6) is 0 Å². The van der Waals surface area contributed by atoms with Crippen molar-refractivity contribution in [2.75, 3.05) is 0 Å². The van der Waals surface area contributed by atoms with Crippen LogP contribution in [0.4, 0.5) is 4.39 Å². The number of rotatable bonds is 8. The van der Waals surface area contributed by atoms with Gasteiger partial charge < -0.3 is 9.94 Å². The average molecular weight is 502 g/mol. The maximum atomic E-state index is 13.6. The van der Waals surface area contributed by atoms with Gasteiger partial charge in [0.15, 0.2) is 5.60 Å². The van der Waals surface area contributed by atoms with E-state index in [4.69, 9.17) is 9.82 Å². The van der Waals surface area contributed by atoms with Crippen LogP contribution in [-0.2, 0) is 11.3 Å². The number of benzene rings is 2. The van der Waals surface area contributed by atoms with Crippen molar-refractivity contribution in [2.45, 2.75) is 70.1 Å². The summed E-state index contributed by atoms with van der Waals surface area (Å²) in [6.07, 6.45) is 8.37. The fourth-order valence-corrected chi connectivity index (χ4v) is 5.10. The summed E-state index contributed by atoms with van der Waals surface area (Å²) in [5.74, 6) is 0.432. The summed E-state index contributed by atoms with van der Waals surface area (Å²) in [5, 5.41) is 15.8. The zero-order chi connectivity index (χ0) is 26.0. The predicted octanol–water partition coefficient (Wildman–Crippen LogP) is 6.10. The standard InChI is InChI=1S/C30H32FN3O3/c1-3-4-6-11-27-32-25-18-21(12-17-24(25)29(36)34(27)23-15-13-22(31)14-16-23)26-19-30(2,37-33-26)28(35)20-9-7-5-8-10-20/h5,7-10,12-15,17-18,23,28,35H,3-4,6,11,16,19H2,1-2H3/t23?,28-,30-/m0/s1. The molecule has 0 radical (unpaired) electrons. The van der Waals surface area contributed by atoms with Crippen molar-refractivity contribution in [2.24, 2.45) is 5.16 Å². The second-order valence-electron chi connectivity index (χ2n) is 10.1. The number of hydrogen-bond acceptors (Lipinski definition) is 5. The highest BCUT2D eigenvalue weighted by Gasteiger charge is 2.42. The van der Waals surface area contributed by atoms with Crippen LogP contribution in [-0.4, -0.2) is 26.0 Å². The number of aryl methyl sites for hydroxylation is 1. The highest BCUT2D eigenvalue weighted by Crippen LogP contribution is 2.38. The molecule has 192 valence electrons. The largest absolute Gasteiger partial charge is 0.386 e. The summed E-state index contributed by atoms with van der Waals surface area (Å²) in [6.45, 7) is 3.98. The summed E-state index contributed by atoms with van der Waals surface area (Å²) >= 11 is 0. The van der Waals surface area contributed by atoms with Gasteiger partial charge in [-0.1, -0.05) is 67.4 Å². The molecule has 1 aliphatic carbocycles. The Morgan fingerprint density at radius 1 is 1.22 bits per heavy atom. The van der Waals surface area contributed by atoms with Crippen molar-refractivity contribution in [3.05, 3.63) is 99.9 Å². The van der Waals surface area contributed by atoms with Crippen molar-refractivity contribution in [3.8, 4) is 0 Å². The first-order chi connectivity index (χ1) is 17.9. The number of unbranched alkanes of at least 4 members (excludes halogenated alkanes) is 2. The maximum absolute atomic E-state index is 13.6. The van der Waals surface area contributed by atoms with Crippen molar-refractivity contribution < 1.29 is 14.3 Å². The van der Waals surface area contributed by atoms with Crippen LogP contribution in [0.2, 0.25) is 0 Å². The van der Waals surface area contributed by atoms with Crippen LogP contribution in [0, 0.1) is 0 Å². The van der Waals surface area contributed by atoms with Gasteiger partial charge in [-0.2, -0.15) is 0 Å². The monoisotopic (exact) mass is 501 g/mol. The molecule has 3 aromatic rings. The molecule has 0 amide bonds. The third kappa shape index (κ3) is 5.01. The van der Waals surface area contributed by atoms with Gasteiger partial charge in [0, 0.05) is 18.4 Å². The number of allylic oxidation sites excluding steroid dienone is 4. The van der Waals surface area contributed by atoms with Crippen molar-refractivity contribution >= 4 is 16.6 Å². The van der Waals surface area contributed by atoms with Crippen LogP contribution >= 0.6 is 0 Å². The number of aliphatic hydroxyl groups is 1. The highest BCUT2D eigenvalue weighted by atomic mass is 19.1. The van der Waals surface area contributed by atoms with E-state index in [0.29, 0.717) is 41.7 Å². The van der Waals surface area contributed by atoms with E-state index in [9.17, 15) is 14.3 Å². The Hall–Kier alpha value is -3.58. The highest BCUT2D eigenvalue weighted by molar-refractivity contribution is 6.03. The molecule has 1 unspecified atom stereocenters. The zero-order valence-electron chi connectivity index (χ0n) is 21.2. The average Bonchev–Trinajstić information content (AvgIpc) is 3.33. The molecule has 1 aromatic heterocycles. The smallest absolute Gasteiger partial charge is 0.261 e. The number of aromatic nitrogens is 2. The molecule has 2 aromatic carbocycles. The summed E-state index contributed by atoms with van der Waals surface area (Å²) in [5.41, 5.74) is 1.86. The fourth-order valence-electron chi connectivity index (χ4n) is 5.10. The Kier molecular flexibility index (Phi) is 7.07. The quantitative estimate of drug-likeness (QED) is 0.379. The molecule has 0 fully saturated rings. The number of oxime groups is 1. The van der Waals surface area contributed by atoms with Gasteiger partial charge in [0.05, 0.1) is 22.7 Å². The molecule has 1 N–H and O–H groups in total. The summed E-state index contributed by atoms with van der Waals surface area (Å²) in [6, 6.07) is 14.7. The van der Waals surface area contributed by atoms with E-state index in [1.807, 2.05) is 49.4 Å². The van der Waals surface area contributed by atoms with Gasteiger partial charge >= 0.3 is 0 Å². The van der Waals surface area contributed by atoms with E-state index in [1.54, 1.807) is 16.7 Å². The summed E-state index contributed by atoms with van der Waals surface area (Å²) in [4.78, 5) is 24.3. The van der Waals surface area contributed by atoms with Gasteiger partial charge in [0.2, 0.25) is 0 Å². The molecule has 7 heteroatoms. The van der Waals surface area contributed by atoms with Crippen LogP contribution in [0.15, 0.2) is 82.5 Å². The first-order valence-electron chi connectivity index (χ1n) is 13.0. The molecule has 0 bridgehead atoms. The van der Waals surface area contributed by atoms with Crippen LogP contribution in [0.3, 0.4) is 0 Å². The molecule has 2 aliphatic rings. The molecule has 5 rings (SSSR count). The van der Waals surface area contributed by atoms with Crippen LogP contribution < -0.4 is 5.56 Å². The van der Waals surface area contributed by atoms with Crippen LogP contribution in [0.1, 0.15) is 75.0 Å². The first kappa shape index (κ1) is 25.1. The maximum Gasteiger partial charge on any atom is 0.261 e. The molecule has 0 spiro atoms. The Morgan fingerprint density at radius 2 is 2.03 bits per heavy atom. The lowest BCUT2D eigenvalue weighted by atomic mass is 9.87. The number of halogens is 1. The molecule has 2 heterocycles. The normalized spacial score (nSPS) is 22.0. The lowest BCUT2D eigenvalue weighted by molar-refractivity contribution is -0.0950. The number of aliphatic hydroxyl groups excluding tert-OH is 1. The minimum Gasteiger partial charge on any atom is -0.386 e. The van der Waals surface area contributed by atoms with Crippen molar-refractivity contribution in [1.82, 2.24) is 9.55 Å². The van der Waals surface area contributed by atoms with E-state index < -0.39 is 11.7 Å². The molecule has 0 saturated carbocycles. The fraction of sp³-hybridized carbons (Fsp3) is 0.367. The van der Waals surface area contributed by atoms with E-state index in [2.05, 4.69) is 12.1 Å². The zero-order valence-corrected chi connectivity index (χ0v) is 21.2. The molecule has 0 saturated heterocycles. The number of hydrogen-bond donors (Lipinski definition) is 1. The molecular weight excluding hydrogens is 469 g/mol. The minimum absolute atomic E-state index is 0.123. The van der Waals surface area contributed by atoms with Gasteiger partial charge in [0.25, 0.3) is 5.56 Å². The molecular formula is C30H32FN3O3. The lowest BCUT2D eigenvalue weighted by Gasteiger charge is -2.27. The first-order valence-corrected chi connectivity index (χ1v) is 13.0. The third-order valence-corrected chi connectivity index (χ3v) is 7.25.